The molecule has 0 radical (unpaired) electrons. The number of aromatic nitrogens is 1. The van der Waals surface area contributed by atoms with Crippen LogP contribution in [0.1, 0.15) is 6.92 Å². The molecule has 3 nitrogen and oxygen atoms in total. The molecule has 0 spiro atoms. The van der Waals surface area contributed by atoms with Crippen LogP contribution in [0.5, 0.6) is 0 Å². The first-order valence-electron chi connectivity index (χ1n) is 5.44. The quantitative estimate of drug-likeness (QED) is 0.863. The van der Waals surface area contributed by atoms with E-state index in [1.54, 1.807) is 0 Å². The average molecular weight is 265 g/mol. The summed E-state index contributed by atoms with van der Waals surface area (Å²) >= 11 is 6.52. The third-order valence-electron chi connectivity index (χ3n) is 2.75. The molecule has 2 aromatic rings. The zero-order valence-electron chi connectivity index (χ0n) is 9.88. The van der Waals surface area contributed by atoms with Crippen molar-refractivity contribution in [3.05, 3.63) is 24.3 Å². The summed E-state index contributed by atoms with van der Waals surface area (Å²) in [7, 11) is 2.05. The van der Waals surface area contributed by atoms with Gasteiger partial charge in [-0.15, -0.1) is 0 Å². The maximum Gasteiger partial charge on any atom is 0.119 e. The van der Waals surface area contributed by atoms with Gasteiger partial charge in [0.2, 0.25) is 0 Å². The van der Waals surface area contributed by atoms with E-state index in [2.05, 4.69) is 22.4 Å². The Labute approximate surface area is 110 Å². The Hall–Kier alpha value is -1.20. The number of hydrogen-bond donors (Lipinski definition) is 1. The normalized spacial score (nSPS) is 12.6. The zero-order chi connectivity index (χ0) is 12.4. The Morgan fingerprint density at radius 1 is 1.53 bits per heavy atom. The van der Waals surface area contributed by atoms with Crippen molar-refractivity contribution in [2.24, 2.45) is 11.7 Å². The van der Waals surface area contributed by atoms with Crippen LogP contribution >= 0.6 is 23.8 Å². The van der Waals surface area contributed by atoms with E-state index in [0.29, 0.717) is 4.99 Å². The van der Waals surface area contributed by atoms with Crippen molar-refractivity contribution >= 4 is 44.6 Å². The summed E-state index contributed by atoms with van der Waals surface area (Å²) < 4.78 is 4.43. The predicted molar refractivity (Wildman–Crippen MR) is 78.8 cm³/mol. The third kappa shape index (κ3) is 2.56. The lowest BCUT2D eigenvalue weighted by Gasteiger charge is -2.21. The number of rotatable bonds is 4. The van der Waals surface area contributed by atoms with Crippen molar-refractivity contribution in [2.45, 2.75) is 6.92 Å². The van der Waals surface area contributed by atoms with Gasteiger partial charge in [0.15, 0.2) is 0 Å². The molecule has 1 atom stereocenters. The summed E-state index contributed by atoms with van der Waals surface area (Å²) in [5, 5.41) is 2.36. The van der Waals surface area contributed by atoms with Crippen molar-refractivity contribution in [1.82, 2.24) is 4.37 Å². The van der Waals surface area contributed by atoms with Crippen molar-refractivity contribution in [3.8, 4) is 0 Å². The maximum absolute atomic E-state index is 5.64. The highest BCUT2D eigenvalue weighted by Gasteiger charge is 2.13. The summed E-state index contributed by atoms with van der Waals surface area (Å²) in [6.45, 7) is 2.86. The van der Waals surface area contributed by atoms with Crippen LogP contribution in [-0.2, 0) is 0 Å². The molecule has 17 heavy (non-hydrogen) atoms. The first kappa shape index (κ1) is 12.3. The second-order valence-electron chi connectivity index (χ2n) is 4.19. The van der Waals surface area contributed by atoms with Crippen LogP contribution in [0.15, 0.2) is 24.3 Å². The van der Waals surface area contributed by atoms with Gasteiger partial charge in [0.05, 0.1) is 10.5 Å². The van der Waals surface area contributed by atoms with Crippen LogP contribution in [0, 0.1) is 5.92 Å². The molecule has 1 aromatic carbocycles. The predicted octanol–water partition coefficient (Wildman–Crippen LogP) is 2.65. The Bertz CT molecular complexity index is 535. The number of thiocarbonyl (C=S) groups is 1. The van der Waals surface area contributed by atoms with E-state index >= 15 is 0 Å². The SMILES string of the molecule is CC(CN(C)c1snc2ccccc12)C(N)=S. The van der Waals surface area contributed by atoms with E-state index in [-0.39, 0.29) is 5.92 Å². The minimum atomic E-state index is 0.205. The largest absolute Gasteiger partial charge is 0.393 e. The molecular weight excluding hydrogens is 250 g/mol. The zero-order valence-corrected chi connectivity index (χ0v) is 11.5. The Morgan fingerprint density at radius 3 is 2.94 bits per heavy atom. The molecule has 0 aliphatic heterocycles. The lowest BCUT2D eigenvalue weighted by Crippen LogP contribution is -2.31. The average Bonchev–Trinajstić information content (AvgIpc) is 2.72. The van der Waals surface area contributed by atoms with Crippen LogP contribution < -0.4 is 10.6 Å². The van der Waals surface area contributed by atoms with Crippen LogP contribution in [-0.4, -0.2) is 23.0 Å². The summed E-state index contributed by atoms with van der Waals surface area (Å²) in [5.74, 6) is 0.205. The number of anilines is 1. The van der Waals surface area contributed by atoms with Gasteiger partial charge in [0.1, 0.15) is 5.00 Å². The van der Waals surface area contributed by atoms with Gasteiger partial charge in [-0.25, -0.2) is 0 Å². The molecular formula is C12H15N3S2. The van der Waals surface area contributed by atoms with Crippen LogP contribution in [0.3, 0.4) is 0 Å². The second kappa shape index (κ2) is 4.98. The maximum atomic E-state index is 5.64. The van der Waals surface area contributed by atoms with Gasteiger partial charge in [-0.2, -0.15) is 4.37 Å². The highest BCUT2D eigenvalue weighted by molar-refractivity contribution is 7.80. The smallest absolute Gasteiger partial charge is 0.119 e. The first-order chi connectivity index (χ1) is 8.09. The molecule has 0 amide bonds. The minimum Gasteiger partial charge on any atom is -0.393 e. The van der Waals surface area contributed by atoms with Gasteiger partial charge in [0, 0.05) is 24.9 Å². The fourth-order valence-corrected chi connectivity index (χ4v) is 2.64. The molecule has 0 saturated carbocycles. The van der Waals surface area contributed by atoms with Crippen molar-refractivity contribution in [3.63, 3.8) is 0 Å². The molecule has 1 aromatic heterocycles. The van der Waals surface area contributed by atoms with E-state index < -0.39 is 0 Å². The number of benzene rings is 1. The lowest BCUT2D eigenvalue weighted by molar-refractivity contribution is 0.748. The Kier molecular flexibility index (Phi) is 3.59. The molecule has 5 heteroatoms. The van der Waals surface area contributed by atoms with E-state index in [1.165, 1.54) is 21.9 Å². The fourth-order valence-electron chi connectivity index (χ4n) is 1.73. The van der Waals surface area contributed by atoms with E-state index in [9.17, 15) is 0 Å². The summed E-state index contributed by atoms with van der Waals surface area (Å²) in [5.41, 5.74) is 6.69. The highest BCUT2D eigenvalue weighted by Crippen LogP contribution is 2.30. The molecule has 0 bridgehead atoms. The van der Waals surface area contributed by atoms with Gasteiger partial charge >= 0.3 is 0 Å². The van der Waals surface area contributed by atoms with Gasteiger partial charge in [-0.1, -0.05) is 31.3 Å². The lowest BCUT2D eigenvalue weighted by atomic mass is 10.1. The van der Waals surface area contributed by atoms with Crippen molar-refractivity contribution < 1.29 is 0 Å². The van der Waals surface area contributed by atoms with Gasteiger partial charge in [-0.3, -0.25) is 0 Å². The van der Waals surface area contributed by atoms with Gasteiger partial charge in [0.25, 0.3) is 0 Å². The highest BCUT2D eigenvalue weighted by atomic mass is 32.1. The minimum absolute atomic E-state index is 0.205. The summed E-state index contributed by atoms with van der Waals surface area (Å²) in [6.07, 6.45) is 0. The number of nitrogens with zero attached hydrogens (tertiary/aromatic N) is 2. The Balaban J connectivity index is 2.25. The molecule has 1 unspecified atom stereocenters. The molecule has 1 heterocycles. The van der Waals surface area contributed by atoms with Gasteiger partial charge < -0.3 is 10.6 Å². The second-order valence-corrected chi connectivity index (χ2v) is 5.41. The van der Waals surface area contributed by atoms with E-state index in [1.807, 2.05) is 25.1 Å². The first-order valence-corrected chi connectivity index (χ1v) is 6.62. The van der Waals surface area contributed by atoms with E-state index in [0.717, 1.165) is 12.1 Å². The standard InChI is InChI=1S/C12H15N3S2/c1-8(11(13)16)7-15(2)12-9-5-3-4-6-10(9)14-17-12/h3-6,8H,7H2,1-2H3,(H2,13,16). The third-order valence-corrected chi connectivity index (χ3v) is 4.14. The Morgan fingerprint density at radius 2 is 2.24 bits per heavy atom. The molecule has 0 saturated heterocycles. The fraction of sp³-hybridized carbons (Fsp3) is 0.333. The monoisotopic (exact) mass is 265 g/mol. The molecule has 2 rings (SSSR count). The summed E-state index contributed by atoms with van der Waals surface area (Å²) in [4.78, 5) is 2.73. The molecule has 0 aliphatic rings. The van der Waals surface area contributed by atoms with Crippen molar-refractivity contribution in [1.29, 1.82) is 0 Å². The summed E-state index contributed by atoms with van der Waals surface area (Å²) in [6, 6.07) is 8.16. The number of nitrogens with two attached hydrogens (primary N) is 1. The van der Waals surface area contributed by atoms with Crippen LogP contribution in [0.25, 0.3) is 10.9 Å². The topological polar surface area (TPSA) is 42.2 Å². The molecule has 0 aliphatic carbocycles. The van der Waals surface area contributed by atoms with Crippen LogP contribution in [0.2, 0.25) is 0 Å². The van der Waals surface area contributed by atoms with Gasteiger partial charge in [-0.05, 0) is 23.7 Å². The number of fused-ring (bicyclic) bond motifs is 1. The molecule has 90 valence electrons. The van der Waals surface area contributed by atoms with Crippen LogP contribution in [0.4, 0.5) is 5.00 Å². The van der Waals surface area contributed by atoms with Crippen molar-refractivity contribution in [2.75, 3.05) is 18.5 Å². The van der Waals surface area contributed by atoms with E-state index in [4.69, 9.17) is 18.0 Å². The number of hydrogen-bond acceptors (Lipinski definition) is 4. The molecule has 0 fully saturated rings. The molecule has 2 N–H and O–H groups in total.